The van der Waals surface area contributed by atoms with E-state index in [0.717, 1.165) is 11.3 Å². The first-order chi connectivity index (χ1) is 9.19. The van der Waals surface area contributed by atoms with E-state index in [2.05, 4.69) is 10.6 Å². The van der Waals surface area contributed by atoms with E-state index >= 15 is 0 Å². The van der Waals surface area contributed by atoms with Crippen molar-refractivity contribution in [3.05, 3.63) is 28.8 Å². The maximum Gasteiger partial charge on any atom is 0.222 e. The molecule has 1 amide bonds. The molecule has 4 N–H and O–H groups in total. The van der Waals surface area contributed by atoms with Crippen molar-refractivity contribution in [1.29, 1.82) is 0 Å². The van der Waals surface area contributed by atoms with Gasteiger partial charge >= 0.3 is 0 Å². The zero-order chi connectivity index (χ0) is 15.3. The molecule has 0 heterocycles. The molecule has 20 heavy (non-hydrogen) atoms. The van der Waals surface area contributed by atoms with Crippen LogP contribution in [0.1, 0.15) is 32.8 Å². The predicted octanol–water partition coefficient (Wildman–Crippen LogP) is 2.69. The third kappa shape index (κ3) is 5.75. The predicted molar refractivity (Wildman–Crippen MR) is 88.3 cm³/mol. The molecule has 0 saturated carbocycles. The van der Waals surface area contributed by atoms with E-state index in [9.17, 15) is 4.79 Å². The summed E-state index contributed by atoms with van der Waals surface area (Å²) in [6, 6.07) is 5.31. The van der Waals surface area contributed by atoms with E-state index in [1.165, 1.54) is 0 Å². The van der Waals surface area contributed by atoms with Crippen LogP contribution in [0.2, 0.25) is 5.02 Å². The minimum atomic E-state index is -0.215. The van der Waals surface area contributed by atoms with Gasteiger partial charge in [0, 0.05) is 24.1 Å². The summed E-state index contributed by atoms with van der Waals surface area (Å²) in [6.45, 7) is 6.35. The molecule has 0 bridgehead atoms. The highest BCUT2D eigenvalue weighted by Gasteiger charge is 2.13. The monoisotopic (exact) mass is 313 g/mol. The van der Waals surface area contributed by atoms with Crippen molar-refractivity contribution >= 4 is 40.4 Å². The quantitative estimate of drug-likeness (QED) is 0.731. The first-order valence-corrected chi connectivity index (χ1v) is 7.12. The first-order valence-electron chi connectivity index (χ1n) is 6.33. The topological polar surface area (TPSA) is 67.2 Å². The molecule has 0 aromatic heterocycles. The Labute approximate surface area is 130 Å². The molecule has 0 aliphatic carbocycles. The van der Waals surface area contributed by atoms with Gasteiger partial charge in [-0.2, -0.15) is 0 Å². The fraction of sp³-hybridized carbons (Fsp3) is 0.429. The Kier molecular flexibility index (Phi) is 5.77. The molecule has 0 spiro atoms. The van der Waals surface area contributed by atoms with Crippen LogP contribution in [0, 0.1) is 0 Å². The summed E-state index contributed by atoms with van der Waals surface area (Å²) in [5.74, 6) is 0.000813. The van der Waals surface area contributed by atoms with Crippen LogP contribution < -0.4 is 16.4 Å². The van der Waals surface area contributed by atoms with Crippen LogP contribution >= 0.6 is 23.8 Å². The Hall–Kier alpha value is -1.33. The Morgan fingerprint density at radius 2 is 2.05 bits per heavy atom. The third-order valence-corrected chi connectivity index (χ3v) is 2.98. The van der Waals surface area contributed by atoms with Crippen molar-refractivity contribution in [2.75, 3.05) is 11.9 Å². The van der Waals surface area contributed by atoms with Crippen LogP contribution in [0.3, 0.4) is 0 Å². The number of nitrogens with two attached hydrogens (primary N) is 1. The standard InChI is InChI=1S/C14H20ClN3OS/c1-14(2,3)18-12(19)6-7-17-11-5-4-9(13(16)20)8-10(11)15/h4-5,8,17H,6-7H2,1-3H3,(H2,16,20)(H,18,19). The number of hydrogen-bond donors (Lipinski definition) is 3. The number of benzene rings is 1. The summed E-state index contributed by atoms with van der Waals surface area (Å²) in [6.07, 6.45) is 0.380. The van der Waals surface area contributed by atoms with Crippen molar-refractivity contribution in [3.63, 3.8) is 0 Å². The minimum Gasteiger partial charge on any atom is -0.389 e. The molecule has 0 atom stereocenters. The average molecular weight is 314 g/mol. The Balaban J connectivity index is 2.51. The highest BCUT2D eigenvalue weighted by Crippen LogP contribution is 2.22. The summed E-state index contributed by atoms with van der Waals surface area (Å²) in [5.41, 5.74) is 6.80. The summed E-state index contributed by atoms with van der Waals surface area (Å²) in [5, 5.41) is 6.55. The SMILES string of the molecule is CC(C)(C)NC(=O)CCNc1ccc(C(N)=S)cc1Cl. The average Bonchev–Trinajstić information content (AvgIpc) is 2.28. The molecule has 6 heteroatoms. The van der Waals surface area contributed by atoms with E-state index in [4.69, 9.17) is 29.6 Å². The molecule has 4 nitrogen and oxygen atoms in total. The van der Waals surface area contributed by atoms with E-state index in [1.54, 1.807) is 18.2 Å². The first kappa shape index (κ1) is 16.7. The molecule has 1 aromatic carbocycles. The number of hydrogen-bond acceptors (Lipinski definition) is 3. The van der Waals surface area contributed by atoms with Gasteiger partial charge < -0.3 is 16.4 Å². The maximum atomic E-state index is 11.7. The number of carbonyl (C=O) groups excluding carboxylic acids is 1. The molecule has 0 radical (unpaired) electrons. The number of thiocarbonyl (C=S) groups is 1. The van der Waals surface area contributed by atoms with Crippen LogP contribution in [-0.4, -0.2) is 23.0 Å². The lowest BCUT2D eigenvalue weighted by molar-refractivity contribution is -0.122. The largest absolute Gasteiger partial charge is 0.389 e. The van der Waals surface area contributed by atoms with E-state index in [0.29, 0.717) is 23.0 Å². The van der Waals surface area contributed by atoms with Gasteiger partial charge in [-0.05, 0) is 39.0 Å². The van der Waals surface area contributed by atoms with Gasteiger partial charge in [-0.3, -0.25) is 4.79 Å². The number of amides is 1. The highest BCUT2D eigenvalue weighted by molar-refractivity contribution is 7.80. The van der Waals surface area contributed by atoms with E-state index < -0.39 is 0 Å². The smallest absolute Gasteiger partial charge is 0.222 e. The molecule has 0 aliphatic rings. The molecule has 0 fully saturated rings. The molecule has 0 unspecified atom stereocenters. The number of anilines is 1. The number of carbonyl (C=O) groups is 1. The normalized spacial score (nSPS) is 11.0. The molecule has 1 rings (SSSR count). The molecule has 0 saturated heterocycles. The number of rotatable bonds is 5. The van der Waals surface area contributed by atoms with Crippen molar-refractivity contribution in [2.45, 2.75) is 32.7 Å². The van der Waals surface area contributed by atoms with Crippen LogP contribution in [0.4, 0.5) is 5.69 Å². The lowest BCUT2D eigenvalue weighted by Crippen LogP contribution is -2.41. The number of nitrogens with one attached hydrogen (secondary N) is 2. The molecular weight excluding hydrogens is 294 g/mol. The Morgan fingerprint density at radius 3 is 2.55 bits per heavy atom. The van der Waals surface area contributed by atoms with Gasteiger partial charge in [-0.25, -0.2) is 0 Å². The zero-order valence-corrected chi connectivity index (χ0v) is 13.5. The second-order valence-electron chi connectivity index (χ2n) is 5.53. The van der Waals surface area contributed by atoms with Crippen molar-refractivity contribution in [3.8, 4) is 0 Å². The van der Waals surface area contributed by atoms with Crippen molar-refractivity contribution < 1.29 is 4.79 Å². The fourth-order valence-corrected chi connectivity index (χ4v) is 1.98. The minimum absolute atomic E-state index is 0.000813. The van der Waals surface area contributed by atoms with Gasteiger partial charge in [0.2, 0.25) is 5.91 Å². The van der Waals surface area contributed by atoms with E-state index in [-0.39, 0.29) is 11.4 Å². The van der Waals surface area contributed by atoms with Crippen molar-refractivity contribution in [1.82, 2.24) is 5.32 Å². The van der Waals surface area contributed by atoms with Gasteiger partial charge in [-0.1, -0.05) is 23.8 Å². The molecular formula is C14H20ClN3OS. The Bertz CT molecular complexity index is 512. The lowest BCUT2D eigenvalue weighted by atomic mass is 10.1. The summed E-state index contributed by atoms with van der Waals surface area (Å²) >= 11 is 11.0. The van der Waals surface area contributed by atoms with Crippen LogP contribution in [-0.2, 0) is 4.79 Å². The van der Waals surface area contributed by atoms with Crippen LogP contribution in [0.25, 0.3) is 0 Å². The molecule has 0 aliphatic heterocycles. The second kappa shape index (κ2) is 6.90. The molecule has 1 aromatic rings. The van der Waals surface area contributed by atoms with Gasteiger partial charge in [-0.15, -0.1) is 0 Å². The van der Waals surface area contributed by atoms with Gasteiger partial charge in [0.25, 0.3) is 0 Å². The molecule has 110 valence electrons. The maximum absolute atomic E-state index is 11.7. The highest BCUT2D eigenvalue weighted by atomic mass is 35.5. The van der Waals surface area contributed by atoms with Crippen molar-refractivity contribution in [2.24, 2.45) is 5.73 Å². The zero-order valence-electron chi connectivity index (χ0n) is 11.9. The van der Waals surface area contributed by atoms with Gasteiger partial charge in [0.1, 0.15) is 4.99 Å². The Morgan fingerprint density at radius 1 is 1.40 bits per heavy atom. The summed E-state index contributed by atoms with van der Waals surface area (Å²) in [7, 11) is 0. The van der Waals surface area contributed by atoms with Crippen LogP contribution in [0.15, 0.2) is 18.2 Å². The lowest BCUT2D eigenvalue weighted by Gasteiger charge is -2.20. The van der Waals surface area contributed by atoms with Crippen LogP contribution in [0.5, 0.6) is 0 Å². The van der Waals surface area contributed by atoms with Gasteiger partial charge in [0.15, 0.2) is 0 Å². The summed E-state index contributed by atoms with van der Waals surface area (Å²) in [4.78, 5) is 12.0. The third-order valence-electron chi connectivity index (χ3n) is 2.44. The second-order valence-corrected chi connectivity index (χ2v) is 6.38. The summed E-state index contributed by atoms with van der Waals surface area (Å²) < 4.78 is 0. The van der Waals surface area contributed by atoms with E-state index in [1.807, 2.05) is 20.8 Å². The van der Waals surface area contributed by atoms with Gasteiger partial charge in [0.05, 0.1) is 10.7 Å². The fourth-order valence-electron chi connectivity index (χ4n) is 1.60. The number of halogens is 1.